The number of rotatable bonds is 5. The van der Waals surface area contributed by atoms with E-state index in [0.717, 1.165) is 23.6 Å². The molecular formula is C18H17N7. The second kappa shape index (κ2) is 5.70. The van der Waals surface area contributed by atoms with Crippen molar-refractivity contribution in [3.63, 3.8) is 0 Å². The summed E-state index contributed by atoms with van der Waals surface area (Å²) in [6.45, 7) is 0.762. The van der Waals surface area contributed by atoms with Gasteiger partial charge in [0.25, 0.3) is 0 Å². The number of aliphatic imine (C=N–C) groups is 1. The molecular weight excluding hydrogens is 314 g/mol. The number of anilines is 4. The van der Waals surface area contributed by atoms with Crippen LogP contribution in [0.3, 0.4) is 0 Å². The number of nitrogens with one attached hydrogen (secondary N) is 3. The van der Waals surface area contributed by atoms with Crippen molar-refractivity contribution in [3.8, 4) is 0 Å². The summed E-state index contributed by atoms with van der Waals surface area (Å²) in [5.74, 6) is 2.67. The highest BCUT2D eigenvalue weighted by Gasteiger charge is 2.25. The minimum Gasteiger partial charge on any atom is -0.324 e. The smallest absolute Gasteiger partial charge is 0.229 e. The van der Waals surface area contributed by atoms with Gasteiger partial charge in [0, 0.05) is 35.8 Å². The highest BCUT2D eigenvalue weighted by Crippen LogP contribution is 2.39. The molecule has 0 atom stereocenters. The van der Waals surface area contributed by atoms with Crippen LogP contribution in [0.5, 0.6) is 0 Å². The van der Waals surface area contributed by atoms with Gasteiger partial charge in [-0.2, -0.15) is 10.1 Å². The number of hydrogen-bond donors (Lipinski definition) is 3. The monoisotopic (exact) mass is 331 g/mol. The molecule has 7 heteroatoms. The maximum atomic E-state index is 4.51. The Morgan fingerprint density at radius 1 is 1.04 bits per heavy atom. The Labute approximate surface area is 144 Å². The second-order valence-corrected chi connectivity index (χ2v) is 6.38. The lowest BCUT2D eigenvalue weighted by Crippen LogP contribution is -2.01. The van der Waals surface area contributed by atoms with Crippen LogP contribution in [0.15, 0.2) is 41.5 Å². The summed E-state index contributed by atoms with van der Waals surface area (Å²) in [7, 11) is 0. The van der Waals surface area contributed by atoms with Gasteiger partial charge in [0.2, 0.25) is 5.95 Å². The average molecular weight is 331 g/mol. The molecule has 0 spiro atoms. The fourth-order valence-corrected chi connectivity index (χ4v) is 2.93. The third-order valence-electron chi connectivity index (χ3n) is 4.42. The van der Waals surface area contributed by atoms with Crippen molar-refractivity contribution in [3.05, 3.63) is 53.3 Å². The minimum absolute atomic E-state index is 0.540. The lowest BCUT2D eigenvalue weighted by molar-refractivity contribution is 0.966. The molecule has 7 nitrogen and oxygen atoms in total. The zero-order valence-electron chi connectivity index (χ0n) is 13.5. The fourth-order valence-electron chi connectivity index (χ4n) is 2.93. The summed E-state index contributed by atoms with van der Waals surface area (Å²) in [4.78, 5) is 13.1. The van der Waals surface area contributed by atoms with E-state index < -0.39 is 0 Å². The standard InChI is InChI=1S/C18H17N7/c1-2-11(1)15-8-17(25-24-15)22-16-5-6-20-18(23-16)21-14-4-3-12-9-19-10-13(12)7-14/h3-8,10-11H,1-2,9H2,(H3,20,21,22,23,24,25). The third-order valence-corrected chi connectivity index (χ3v) is 4.42. The Morgan fingerprint density at radius 3 is 2.92 bits per heavy atom. The zero-order valence-corrected chi connectivity index (χ0v) is 13.5. The summed E-state index contributed by atoms with van der Waals surface area (Å²) >= 11 is 0. The molecule has 1 aromatic carbocycles. The zero-order chi connectivity index (χ0) is 16.6. The summed E-state index contributed by atoms with van der Waals surface area (Å²) < 4.78 is 0. The molecule has 2 aromatic heterocycles. The fraction of sp³-hybridized carbons (Fsp3) is 0.222. The van der Waals surface area contributed by atoms with Crippen molar-refractivity contribution >= 4 is 29.5 Å². The Hall–Kier alpha value is -3.22. The van der Waals surface area contributed by atoms with Gasteiger partial charge >= 0.3 is 0 Å². The van der Waals surface area contributed by atoms with E-state index in [2.05, 4.69) is 47.9 Å². The Bertz CT molecular complexity index is 956. The first kappa shape index (κ1) is 14.2. The topological polar surface area (TPSA) is 90.9 Å². The Balaban J connectivity index is 1.32. The maximum Gasteiger partial charge on any atom is 0.229 e. The number of aromatic nitrogens is 4. The minimum atomic E-state index is 0.540. The average Bonchev–Trinajstić information content (AvgIpc) is 3.18. The number of benzene rings is 1. The molecule has 0 bridgehead atoms. The first-order valence-electron chi connectivity index (χ1n) is 8.39. The summed E-state index contributed by atoms with van der Waals surface area (Å²) in [5.41, 5.74) is 4.52. The Morgan fingerprint density at radius 2 is 2.00 bits per heavy atom. The molecule has 1 aliphatic carbocycles. The van der Waals surface area contributed by atoms with Crippen molar-refractivity contribution in [2.24, 2.45) is 4.99 Å². The van der Waals surface area contributed by atoms with Crippen LogP contribution >= 0.6 is 0 Å². The van der Waals surface area contributed by atoms with Crippen molar-refractivity contribution in [1.29, 1.82) is 0 Å². The van der Waals surface area contributed by atoms with E-state index in [1.54, 1.807) is 6.20 Å². The van der Waals surface area contributed by atoms with Gasteiger partial charge < -0.3 is 10.6 Å². The molecule has 1 fully saturated rings. The molecule has 1 aliphatic heterocycles. The predicted octanol–water partition coefficient (Wildman–Crippen LogP) is 3.50. The van der Waals surface area contributed by atoms with Crippen LogP contribution in [0.2, 0.25) is 0 Å². The Kier molecular flexibility index (Phi) is 3.22. The van der Waals surface area contributed by atoms with Gasteiger partial charge in [-0.1, -0.05) is 6.07 Å². The maximum absolute atomic E-state index is 4.51. The number of aromatic amines is 1. The van der Waals surface area contributed by atoms with E-state index in [0.29, 0.717) is 17.7 Å². The van der Waals surface area contributed by atoms with E-state index in [-0.39, 0.29) is 0 Å². The summed E-state index contributed by atoms with van der Waals surface area (Å²) in [5, 5.41) is 13.8. The number of nitrogens with zero attached hydrogens (tertiary/aromatic N) is 4. The van der Waals surface area contributed by atoms with Gasteiger partial charge in [0.1, 0.15) is 5.82 Å². The van der Waals surface area contributed by atoms with E-state index in [1.165, 1.54) is 24.1 Å². The molecule has 2 aliphatic rings. The van der Waals surface area contributed by atoms with Gasteiger partial charge in [-0.3, -0.25) is 10.1 Å². The van der Waals surface area contributed by atoms with Crippen molar-refractivity contribution < 1.29 is 0 Å². The highest BCUT2D eigenvalue weighted by molar-refractivity contribution is 5.86. The second-order valence-electron chi connectivity index (χ2n) is 6.38. The van der Waals surface area contributed by atoms with Gasteiger partial charge in [-0.05, 0) is 42.2 Å². The van der Waals surface area contributed by atoms with Gasteiger partial charge in [-0.15, -0.1) is 0 Å². The quantitative estimate of drug-likeness (QED) is 0.665. The molecule has 0 saturated heterocycles. The molecule has 25 heavy (non-hydrogen) atoms. The van der Waals surface area contributed by atoms with Gasteiger partial charge in [0.05, 0.1) is 6.54 Å². The molecule has 3 aromatic rings. The largest absolute Gasteiger partial charge is 0.324 e. The SMILES string of the molecule is C1=NCc2ccc(Nc3nccc(Nc4cc(C5CC5)[nH]n4)n3)cc21. The first-order valence-corrected chi connectivity index (χ1v) is 8.39. The van der Waals surface area contributed by atoms with E-state index in [9.17, 15) is 0 Å². The van der Waals surface area contributed by atoms with Crippen LogP contribution in [-0.2, 0) is 6.54 Å². The lowest BCUT2D eigenvalue weighted by atomic mass is 10.1. The van der Waals surface area contributed by atoms with Crippen molar-refractivity contribution in [2.45, 2.75) is 25.3 Å². The van der Waals surface area contributed by atoms with Gasteiger partial charge in [0.15, 0.2) is 5.82 Å². The molecule has 0 unspecified atom stereocenters. The molecule has 1 saturated carbocycles. The molecule has 5 rings (SSSR count). The van der Waals surface area contributed by atoms with E-state index in [1.807, 2.05) is 24.4 Å². The molecule has 124 valence electrons. The van der Waals surface area contributed by atoms with Crippen LogP contribution in [0.4, 0.5) is 23.3 Å². The number of fused-ring (bicyclic) bond motifs is 1. The van der Waals surface area contributed by atoms with Crippen LogP contribution in [0.1, 0.15) is 35.6 Å². The molecule has 0 radical (unpaired) electrons. The lowest BCUT2D eigenvalue weighted by Gasteiger charge is -2.08. The third kappa shape index (κ3) is 2.96. The molecule has 0 amide bonds. The number of hydrogen-bond acceptors (Lipinski definition) is 6. The number of H-pyrrole nitrogens is 1. The van der Waals surface area contributed by atoms with Crippen LogP contribution in [0.25, 0.3) is 0 Å². The normalized spacial score (nSPS) is 15.2. The van der Waals surface area contributed by atoms with E-state index in [4.69, 9.17) is 0 Å². The van der Waals surface area contributed by atoms with Gasteiger partial charge in [-0.25, -0.2) is 4.98 Å². The molecule has 3 N–H and O–H groups in total. The predicted molar refractivity (Wildman–Crippen MR) is 96.9 cm³/mol. The van der Waals surface area contributed by atoms with Crippen LogP contribution in [0, 0.1) is 0 Å². The molecule has 3 heterocycles. The van der Waals surface area contributed by atoms with Crippen molar-refractivity contribution in [2.75, 3.05) is 10.6 Å². The first-order chi connectivity index (χ1) is 12.3. The van der Waals surface area contributed by atoms with Crippen molar-refractivity contribution in [1.82, 2.24) is 20.2 Å². The highest BCUT2D eigenvalue weighted by atomic mass is 15.2. The van der Waals surface area contributed by atoms with E-state index >= 15 is 0 Å². The summed E-state index contributed by atoms with van der Waals surface area (Å²) in [6, 6.07) is 10.0. The van der Waals surface area contributed by atoms with Crippen LogP contribution < -0.4 is 10.6 Å². The van der Waals surface area contributed by atoms with Crippen LogP contribution in [-0.4, -0.2) is 26.4 Å². The summed E-state index contributed by atoms with van der Waals surface area (Å²) in [6.07, 6.45) is 6.11.